The molecule has 0 saturated carbocycles. The summed E-state index contributed by atoms with van der Waals surface area (Å²) in [5, 5.41) is 4.76. The fourth-order valence-corrected chi connectivity index (χ4v) is 9.55. The zero-order chi connectivity index (χ0) is 19.9. The second kappa shape index (κ2) is 10.5. The van der Waals surface area contributed by atoms with Gasteiger partial charge in [0.15, 0.2) is 0 Å². The lowest BCUT2D eigenvalue weighted by Gasteiger charge is -2.31. The summed E-state index contributed by atoms with van der Waals surface area (Å²) in [6, 6.07) is 22.4. The largest absolute Gasteiger partial charge is 0.309 e. The van der Waals surface area contributed by atoms with Crippen LogP contribution in [0.25, 0.3) is 0 Å². The predicted molar refractivity (Wildman–Crippen MR) is 130 cm³/mol. The van der Waals surface area contributed by atoms with Crippen LogP contribution in [0.15, 0.2) is 83.7 Å². The van der Waals surface area contributed by atoms with E-state index in [1.165, 1.54) is 29.4 Å². The highest BCUT2D eigenvalue weighted by molar-refractivity contribution is 7.75. The third-order valence-electron chi connectivity index (χ3n) is 5.37. The molecule has 0 spiro atoms. The number of benzene rings is 2. The third kappa shape index (κ3) is 5.01. The number of hydrogen-bond acceptors (Lipinski definition) is 1. The highest BCUT2D eigenvalue weighted by atomic mass is 31.1. The van der Waals surface area contributed by atoms with Gasteiger partial charge in [-0.05, 0) is 62.3 Å². The van der Waals surface area contributed by atoms with Crippen molar-refractivity contribution in [1.29, 1.82) is 0 Å². The van der Waals surface area contributed by atoms with Crippen molar-refractivity contribution in [2.24, 2.45) is 0 Å². The topological polar surface area (TPSA) is 3.24 Å². The first-order valence-electron chi connectivity index (χ1n) is 10.4. The summed E-state index contributed by atoms with van der Waals surface area (Å²) < 4.78 is 0. The molecule has 1 aliphatic rings. The van der Waals surface area contributed by atoms with Crippen LogP contribution < -0.4 is 10.6 Å². The molecule has 0 N–H and O–H groups in total. The van der Waals surface area contributed by atoms with Gasteiger partial charge in [-0.15, -0.1) is 0 Å². The Kier molecular flexibility index (Phi) is 8.04. The van der Waals surface area contributed by atoms with E-state index in [1.54, 1.807) is 10.9 Å². The monoisotopic (exact) mass is 409 g/mol. The lowest BCUT2D eigenvalue weighted by molar-refractivity contribution is 0.414. The Morgan fingerprint density at radius 1 is 0.821 bits per heavy atom. The summed E-state index contributed by atoms with van der Waals surface area (Å²) >= 11 is 0. The van der Waals surface area contributed by atoms with Crippen molar-refractivity contribution in [2.45, 2.75) is 25.9 Å². The molecule has 0 amide bonds. The predicted octanol–water partition coefficient (Wildman–Crippen LogP) is 5.79. The van der Waals surface area contributed by atoms with Gasteiger partial charge in [-0.2, -0.15) is 0 Å². The van der Waals surface area contributed by atoms with Crippen molar-refractivity contribution in [1.82, 2.24) is 4.90 Å². The van der Waals surface area contributed by atoms with E-state index < -0.39 is 7.92 Å². The molecule has 0 aromatic heterocycles. The van der Waals surface area contributed by atoms with E-state index in [0.29, 0.717) is 5.66 Å². The molecular formula is C25H33NP2. The molecule has 3 rings (SSSR count). The molecule has 0 radical (unpaired) electrons. The van der Waals surface area contributed by atoms with Crippen LogP contribution in [0.1, 0.15) is 20.3 Å². The maximum Gasteiger partial charge on any atom is 0.0312 e. The summed E-state index contributed by atoms with van der Waals surface area (Å²) in [4.78, 5) is 2.31. The van der Waals surface area contributed by atoms with E-state index in [4.69, 9.17) is 0 Å². The Morgan fingerprint density at radius 3 is 1.82 bits per heavy atom. The molecule has 1 nitrogen and oxygen atoms in total. The van der Waals surface area contributed by atoms with Gasteiger partial charge in [0.05, 0.1) is 0 Å². The molecule has 0 fully saturated rings. The Balaban J connectivity index is 2.06. The van der Waals surface area contributed by atoms with Crippen LogP contribution in [-0.2, 0) is 0 Å². The highest BCUT2D eigenvalue weighted by Crippen LogP contribution is 2.59. The Bertz CT molecular complexity index is 752. The summed E-state index contributed by atoms with van der Waals surface area (Å²) in [5.74, 6) is 0. The molecular weight excluding hydrogens is 376 g/mol. The van der Waals surface area contributed by atoms with E-state index in [9.17, 15) is 0 Å². The van der Waals surface area contributed by atoms with E-state index in [-0.39, 0.29) is 7.92 Å². The fraction of sp³-hybridized carbons (Fsp3) is 0.360. The Labute approximate surface area is 174 Å². The van der Waals surface area contributed by atoms with Crippen LogP contribution in [0.2, 0.25) is 0 Å². The van der Waals surface area contributed by atoms with Gasteiger partial charge < -0.3 is 4.90 Å². The number of allylic oxidation sites excluding steroid dienone is 3. The minimum Gasteiger partial charge on any atom is -0.309 e. The van der Waals surface area contributed by atoms with Crippen LogP contribution in [-0.4, -0.2) is 43.5 Å². The van der Waals surface area contributed by atoms with Gasteiger partial charge in [-0.1, -0.05) is 94.6 Å². The number of hydrogen-bond donors (Lipinski definition) is 0. The van der Waals surface area contributed by atoms with Gasteiger partial charge in [-0.25, -0.2) is 0 Å². The van der Waals surface area contributed by atoms with Crippen molar-refractivity contribution in [3.63, 3.8) is 0 Å². The minimum atomic E-state index is -0.430. The van der Waals surface area contributed by atoms with E-state index in [2.05, 4.69) is 106 Å². The molecule has 0 heterocycles. The summed E-state index contributed by atoms with van der Waals surface area (Å²) in [5.41, 5.74) is 2.16. The smallest absolute Gasteiger partial charge is 0.0312 e. The first kappa shape index (κ1) is 21.4. The summed E-state index contributed by atoms with van der Waals surface area (Å²) in [6.07, 6.45) is 8.74. The van der Waals surface area contributed by atoms with Crippen molar-refractivity contribution < 1.29 is 0 Å². The van der Waals surface area contributed by atoms with E-state index >= 15 is 0 Å². The molecule has 1 atom stereocenters. The molecule has 2 aromatic rings. The van der Waals surface area contributed by atoms with Gasteiger partial charge in [0, 0.05) is 12.2 Å². The van der Waals surface area contributed by atoms with Crippen LogP contribution in [0.4, 0.5) is 0 Å². The molecule has 148 valence electrons. The molecule has 0 saturated heterocycles. The van der Waals surface area contributed by atoms with Crippen molar-refractivity contribution in [3.8, 4) is 0 Å². The number of nitrogens with zero attached hydrogens (tertiary/aromatic N) is 1. The highest BCUT2D eigenvalue weighted by Gasteiger charge is 2.33. The SMILES string of the molecule is CCP(CC)C1=C(CCN(C)C)C=CC1P(c1ccccc1)c1ccccc1. The average molecular weight is 409 g/mol. The average Bonchev–Trinajstić information content (AvgIpc) is 3.13. The van der Waals surface area contributed by atoms with E-state index in [1.807, 2.05) is 0 Å². The quantitative estimate of drug-likeness (QED) is 0.474. The maximum absolute atomic E-state index is 2.53. The van der Waals surface area contributed by atoms with Crippen molar-refractivity contribution in [3.05, 3.63) is 83.7 Å². The first-order valence-corrected chi connectivity index (χ1v) is 13.5. The van der Waals surface area contributed by atoms with Gasteiger partial charge in [0.25, 0.3) is 0 Å². The van der Waals surface area contributed by atoms with Crippen LogP contribution in [0.5, 0.6) is 0 Å². The lowest BCUT2D eigenvalue weighted by atomic mass is 10.2. The Hall–Kier alpha value is -1.26. The van der Waals surface area contributed by atoms with Crippen molar-refractivity contribution >= 4 is 26.5 Å². The van der Waals surface area contributed by atoms with Crippen LogP contribution in [0.3, 0.4) is 0 Å². The van der Waals surface area contributed by atoms with Crippen LogP contribution in [0, 0.1) is 0 Å². The number of rotatable bonds is 9. The first-order chi connectivity index (χ1) is 13.7. The minimum absolute atomic E-state index is 0.0652. The zero-order valence-corrected chi connectivity index (χ0v) is 19.5. The lowest BCUT2D eigenvalue weighted by Crippen LogP contribution is -2.21. The second-order valence-corrected chi connectivity index (χ2v) is 12.6. The van der Waals surface area contributed by atoms with E-state index in [0.717, 1.165) is 6.54 Å². The zero-order valence-electron chi connectivity index (χ0n) is 17.7. The Morgan fingerprint density at radius 2 is 1.36 bits per heavy atom. The molecule has 0 bridgehead atoms. The second-order valence-electron chi connectivity index (χ2n) is 7.48. The molecule has 28 heavy (non-hydrogen) atoms. The maximum atomic E-state index is 2.53. The van der Waals surface area contributed by atoms with Gasteiger partial charge in [0.2, 0.25) is 0 Å². The third-order valence-corrected chi connectivity index (χ3v) is 11.0. The standard InChI is InChI=1S/C25H33NP2/c1-5-27(6-2)25-21(19-20-26(3)4)17-18-24(25)28(22-13-9-7-10-14-22)23-15-11-8-12-16-23/h7-18,24H,5-6,19-20H2,1-4H3. The molecule has 1 aliphatic carbocycles. The fourth-order valence-electron chi connectivity index (χ4n) is 3.94. The molecule has 2 aromatic carbocycles. The summed E-state index contributed by atoms with van der Waals surface area (Å²) in [6.45, 7) is 5.89. The molecule has 3 heteroatoms. The molecule has 1 unspecified atom stereocenters. The molecule has 0 aliphatic heterocycles. The normalized spacial score (nSPS) is 16.8. The van der Waals surface area contributed by atoms with Crippen LogP contribution >= 0.6 is 15.8 Å². The van der Waals surface area contributed by atoms with Gasteiger partial charge in [-0.3, -0.25) is 0 Å². The van der Waals surface area contributed by atoms with Gasteiger partial charge in [0.1, 0.15) is 0 Å². The van der Waals surface area contributed by atoms with Crippen molar-refractivity contribution in [2.75, 3.05) is 33.0 Å². The van der Waals surface area contributed by atoms with Gasteiger partial charge >= 0.3 is 0 Å². The summed E-state index contributed by atoms with van der Waals surface area (Å²) in [7, 11) is 3.87.